The summed E-state index contributed by atoms with van der Waals surface area (Å²) in [7, 11) is 0. The molecule has 1 N–H and O–H groups in total. The summed E-state index contributed by atoms with van der Waals surface area (Å²) in [5.41, 5.74) is -0.899. The lowest BCUT2D eigenvalue weighted by molar-refractivity contribution is -0.137. The van der Waals surface area contributed by atoms with E-state index in [0.717, 1.165) is 24.0 Å². The van der Waals surface area contributed by atoms with Gasteiger partial charge in [-0.05, 0) is 43.3 Å². The first-order valence-corrected chi connectivity index (χ1v) is 8.19. The van der Waals surface area contributed by atoms with Gasteiger partial charge in [0.15, 0.2) is 0 Å². The average molecular weight is 380 g/mol. The highest BCUT2D eigenvalue weighted by atomic mass is 19.4. The minimum atomic E-state index is -4.64. The molecule has 0 saturated heterocycles. The Labute approximate surface area is 154 Å². The van der Waals surface area contributed by atoms with Crippen LogP contribution in [-0.4, -0.2) is 25.0 Å². The maximum atomic E-state index is 13.2. The predicted octanol–water partition coefficient (Wildman–Crippen LogP) is 4.10. The average Bonchev–Trinajstić information content (AvgIpc) is 2.60. The molecule has 0 bridgehead atoms. The minimum Gasteiger partial charge on any atom is -0.494 e. The van der Waals surface area contributed by atoms with Crippen molar-refractivity contribution in [3.8, 4) is 5.75 Å². The maximum absolute atomic E-state index is 13.2. The van der Waals surface area contributed by atoms with E-state index in [0.29, 0.717) is 18.0 Å². The molecular weight excluding hydrogens is 361 g/mol. The van der Waals surface area contributed by atoms with E-state index in [1.807, 2.05) is 6.92 Å². The summed E-state index contributed by atoms with van der Waals surface area (Å²) in [6, 6.07) is 11.1. The summed E-state index contributed by atoms with van der Waals surface area (Å²) in [4.78, 5) is 24.9. The van der Waals surface area contributed by atoms with Crippen LogP contribution in [0.1, 0.15) is 19.4 Å². The number of hydrogen-bond donors (Lipinski definition) is 1. The Morgan fingerprint density at radius 3 is 2.26 bits per heavy atom. The van der Waals surface area contributed by atoms with Crippen LogP contribution in [0.5, 0.6) is 5.75 Å². The predicted molar refractivity (Wildman–Crippen MR) is 95.7 cm³/mol. The highest BCUT2D eigenvalue weighted by Gasteiger charge is 2.35. The van der Waals surface area contributed by atoms with Crippen LogP contribution in [0.25, 0.3) is 0 Å². The smallest absolute Gasteiger partial charge is 0.418 e. The number of carbonyl (C=O) groups is 2. The van der Waals surface area contributed by atoms with Crippen molar-refractivity contribution in [2.24, 2.45) is 0 Å². The fraction of sp³-hybridized carbons (Fsp3) is 0.263. The van der Waals surface area contributed by atoms with Gasteiger partial charge in [-0.3, -0.25) is 9.59 Å². The first-order chi connectivity index (χ1) is 12.7. The van der Waals surface area contributed by atoms with Crippen LogP contribution >= 0.6 is 0 Å². The number of anilines is 2. The highest BCUT2D eigenvalue weighted by molar-refractivity contribution is 6.02. The van der Waals surface area contributed by atoms with Crippen molar-refractivity contribution in [3.05, 3.63) is 54.1 Å². The number of rotatable bonds is 6. The molecule has 5 nitrogen and oxygen atoms in total. The van der Waals surface area contributed by atoms with Crippen molar-refractivity contribution in [2.75, 3.05) is 23.4 Å². The van der Waals surface area contributed by atoms with Gasteiger partial charge in [0.2, 0.25) is 11.8 Å². The molecule has 144 valence electrons. The minimum absolute atomic E-state index is 0.362. The van der Waals surface area contributed by atoms with Crippen LogP contribution in [0.3, 0.4) is 0 Å². The van der Waals surface area contributed by atoms with Crippen LogP contribution in [0.2, 0.25) is 0 Å². The molecule has 27 heavy (non-hydrogen) atoms. The molecule has 0 radical (unpaired) electrons. The third-order valence-electron chi connectivity index (χ3n) is 3.63. The van der Waals surface area contributed by atoms with Gasteiger partial charge < -0.3 is 15.0 Å². The van der Waals surface area contributed by atoms with Crippen molar-refractivity contribution in [1.82, 2.24) is 0 Å². The maximum Gasteiger partial charge on any atom is 0.418 e. The Morgan fingerprint density at radius 2 is 1.70 bits per heavy atom. The zero-order valence-electron chi connectivity index (χ0n) is 14.8. The number of alkyl halides is 3. The lowest BCUT2D eigenvalue weighted by atomic mass is 10.1. The standard InChI is InChI=1S/C19H19F3N2O3/c1-3-27-15-10-8-14(9-11-15)23-18(26)12-24(13(2)25)17-7-5-4-6-16(17)19(20,21)22/h4-11H,3,12H2,1-2H3,(H,23,26). The molecule has 0 aliphatic rings. The molecule has 0 fully saturated rings. The molecule has 0 aliphatic carbocycles. The molecular formula is C19H19F3N2O3. The van der Waals surface area contributed by atoms with Crippen molar-refractivity contribution < 1.29 is 27.5 Å². The number of benzene rings is 2. The molecule has 0 atom stereocenters. The molecule has 0 saturated carbocycles. The molecule has 8 heteroatoms. The van der Waals surface area contributed by atoms with Gasteiger partial charge in [-0.1, -0.05) is 12.1 Å². The summed E-state index contributed by atoms with van der Waals surface area (Å²) >= 11 is 0. The van der Waals surface area contributed by atoms with E-state index in [4.69, 9.17) is 4.74 Å². The Kier molecular flexibility index (Phi) is 6.44. The van der Waals surface area contributed by atoms with Crippen molar-refractivity contribution in [3.63, 3.8) is 0 Å². The summed E-state index contributed by atoms with van der Waals surface area (Å²) in [5, 5.41) is 2.55. The fourth-order valence-electron chi connectivity index (χ4n) is 2.46. The van der Waals surface area contributed by atoms with E-state index in [1.165, 1.54) is 12.1 Å². The number of para-hydroxylation sites is 1. The molecule has 0 unspecified atom stereocenters. The highest BCUT2D eigenvalue weighted by Crippen LogP contribution is 2.36. The fourth-order valence-corrected chi connectivity index (χ4v) is 2.46. The number of nitrogens with zero attached hydrogens (tertiary/aromatic N) is 1. The molecule has 2 amide bonds. The first kappa shape index (κ1) is 20.3. The van der Waals surface area contributed by atoms with Crippen LogP contribution in [0.15, 0.2) is 48.5 Å². The van der Waals surface area contributed by atoms with Gasteiger partial charge in [-0.25, -0.2) is 0 Å². The van der Waals surface area contributed by atoms with Crippen molar-refractivity contribution >= 4 is 23.2 Å². The monoisotopic (exact) mass is 380 g/mol. The summed E-state index contributed by atoms with van der Waals surface area (Å²) in [6.45, 7) is 2.90. The lowest BCUT2D eigenvalue weighted by Crippen LogP contribution is -2.37. The quantitative estimate of drug-likeness (QED) is 0.821. The molecule has 0 heterocycles. The Bertz CT molecular complexity index is 805. The van der Waals surface area contributed by atoms with E-state index in [2.05, 4.69) is 5.32 Å². The second-order valence-electron chi connectivity index (χ2n) is 5.63. The Morgan fingerprint density at radius 1 is 1.07 bits per heavy atom. The number of halogens is 3. The zero-order valence-corrected chi connectivity index (χ0v) is 14.8. The van der Waals surface area contributed by atoms with Gasteiger partial charge >= 0.3 is 6.18 Å². The van der Waals surface area contributed by atoms with Gasteiger partial charge in [-0.15, -0.1) is 0 Å². The van der Waals surface area contributed by atoms with Crippen LogP contribution in [0.4, 0.5) is 24.5 Å². The normalized spacial score (nSPS) is 11.0. The van der Waals surface area contributed by atoms with Crippen LogP contribution in [-0.2, 0) is 15.8 Å². The topological polar surface area (TPSA) is 58.6 Å². The molecule has 0 aliphatic heterocycles. The lowest BCUT2D eigenvalue weighted by Gasteiger charge is -2.24. The number of hydrogen-bond acceptors (Lipinski definition) is 3. The van der Waals surface area contributed by atoms with E-state index < -0.39 is 30.1 Å². The van der Waals surface area contributed by atoms with Crippen LogP contribution < -0.4 is 15.0 Å². The molecule has 0 spiro atoms. The molecule has 2 rings (SSSR count). The van der Waals surface area contributed by atoms with Crippen molar-refractivity contribution in [1.29, 1.82) is 0 Å². The zero-order chi connectivity index (χ0) is 20.0. The van der Waals surface area contributed by atoms with Gasteiger partial charge in [0.25, 0.3) is 0 Å². The molecule has 2 aromatic rings. The van der Waals surface area contributed by atoms with Gasteiger partial charge in [0.1, 0.15) is 12.3 Å². The number of carbonyl (C=O) groups excluding carboxylic acids is 2. The third kappa shape index (κ3) is 5.47. The Hall–Kier alpha value is -3.03. The largest absolute Gasteiger partial charge is 0.494 e. The van der Waals surface area contributed by atoms with Gasteiger partial charge in [-0.2, -0.15) is 13.2 Å². The summed E-state index contributed by atoms with van der Waals surface area (Å²) in [5.74, 6) is -0.667. The van der Waals surface area contributed by atoms with Gasteiger partial charge in [0, 0.05) is 12.6 Å². The SMILES string of the molecule is CCOc1ccc(NC(=O)CN(C(C)=O)c2ccccc2C(F)(F)F)cc1. The number of nitrogens with one attached hydrogen (secondary N) is 1. The Balaban J connectivity index is 2.17. The van der Waals surface area contributed by atoms with Crippen LogP contribution in [0, 0.1) is 0 Å². The summed E-state index contributed by atoms with van der Waals surface area (Å²) < 4.78 is 44.9. The summed E-state index contributed by atoms with van der Waals surface area (Å²) in [6.07, 6.45) is -4.64. The molecule has 2 aromatic carbocycles. The second kappa shape index (κ2) is 8.57. The third-order valence-corrected chi connectivity index (χ3v) is 3.63. The molecule has 0 aromatic heterocycles. The van der Waals surface area contributed by atoms with Gasteiger partial charge in [0.05, 0.1) is 17.9 Å². The second-order valence-corrected chi connectivity index (χ2v) is 5.63. The van der Waals surface area contributed by atoms with E-state index >= 15 is 0 Å². The van der Waals surface area contributed by atoms with E-state index in [1.54, 1.807) is 24.3 Å². The number of ether oxygens (including phenoxy) is 1. The van der Waals surface area contributed by atoms with E-state index in [9.17, 15) is 22.8 Å². The van der Waals surface area contributed by atoms with Crippen molar-refractivity contribution in [2.45, 2.75) is 20.0 Å². The van der Waals surface area contributed by atoms with E-state index in [-0.39, 0.29) is 5.69 Å². The first-order valence-electron chi connectivity index (χ1n) is 8.19. The number of amides is 2.